The van der Waals surface area contributed by atoms with Crippen LogP contribution in [0.1, 0.15) is 30.1 Å². The third-order valence-electron chi connectivity index (χ3n) is 5.99. The highest BCUT2D eigenvalue weighted by atomic mass is 19.4. The monoisotopic (exact) mass is 622 g/mol. The van der Waals surface area contributed by atoms with Gasteiger partial charge < -0.3 is 42.6 Å². The summed E-state index contributed by atoms with van der Waals surface area (Å²) in [5, 5.41) is 15.4. The Balaban J connectivity index is 2.22. The van der Waals surface area contributed by atoms with Crippen LogP contribution in [0.5, 0.6) is 5.75 Å². The van der Waals surface area contributed by atoms with Crippen LogP contribution in [0.4, 0.5) is 32.0 Å². The van der Waals surface area contributed by atoms with Gasteiger partial charge in [-0.3, -0.25) is 14.4 Å². The molecule has 0 radical (unpaired) electrons. The molecule has 0 spiro atoms. The summed E-state index contributed by atoms with van der Waals surface area (Å²) < 4.78 is 80.0. The Labute approximate surface area is 242 Å². The van der Waals surface area contributed by atoms with Gasteiger partial charge in [-0.2, -0.15) is 13.2 Å². The van der Waals surface area contributed by atoms with E-state index in [0.29, 0.717) is 12.1 Å². The molecule has 2 aromatic carbocycles. The minimum absolute atomic E-state index is 0.0619. The molecule has 0 saturated carbocycles. The molecule has 2 rings (SSSR count). The van der Waals surface area contributed by atoms with E-state index in [0.717, 1.165) is 36.4 Å². The predicted molar refractivity (Wildman–Crippen MR) is 142 cm³/mol. The van der Waals surface area contributed by atoms with E-state index >= 15 is 0 Å². The van der Waals surface area contributed by atoms with Gasteiger partial charge in [0.05, 0.1) is 11.6 Å². The van der Waals surface area contributed by atoms with Crippen LogP contribution in [-0.4, -0.2) is 72.4 Å². The normalized spacial score (nSPS) is 13.9. The first-order valence-corrected chi connectivity index (χ1v) is 12.8. The van der Waals surface area contributed by atoms with Crippen molar-refractivity contribution in [3.05, 3.63) is 59.7 Å². The van der Waals surface area contributed by atoms with Crippen LogP contribution < -0.4 is 32.6 Å². The summed E-state index contributed by atoms with van der Waals surface area (Å²) in [5.41, 5.74) is 15.6. The highest BCUT2D eigenvalue weighted by molar-refractivity contribution is 5.98. The van der Waals surface area contributed by atoms with E-state index < -0.39 is 53.9 Å². The molecule has 0 aliphatic carbocycles. The first kappa shape index (κ1) is 35.3. The minimum atomic E-state index is -4.96. The molecule has 17 heteroatoms. The molecule has 43 heavy (non-hydrogen) atoms. The van der Waals surface area contributed by atoms with Crippen molar-refractivity contribution in [1.29, 1.82) is 0 Å². The number of carbonyl (C=O) groups is 3. The van der Waals surface area contributed by atoms with Gasteiger partial charge in [-0.1, -0.05) is 12.1 Å². The Bertz CT molecular complexity index is 1200. The number of ether oxygens (including phenoxy) is 1. The predicted octanol–water partition coefficient (Wildman–Crippen LogP) is 1.61. The van der Waals surface area contributed by atoms with Gasteiger partial charge in [-0.05, 0) is 48.4 Å². The van der Waals surface area contributed by atoms with E-state index in [2.05, 4.69) is 15.4 Å². The molecular formula is C26H32F6N6O5. The first-order valence-electron chi connectivity index (χ1n) is 12.8. The zero-order chi connectivity index (χ0) is 32.4. The highest BCUT2D eigenvalue weighted by Crippen LogP contribution is 2.31. The van der Waals surface area contributed by atoms with Gasteiger partial charge in [0.15, 0.2) is 0 Å². The number of nitrogens with zero attached hydrogens (tertiary/aromatic N) is 1. The Kier molecular flexibility index (Phi) is 12.7. The van der Waals surface area contributed by atoms with Crippen molar-refractivity contribution in [3.63, 3.8) is 0 Å². The van der Waals surface area contributed by atoms with E-state index in [1.807, 2.05) is 0 Å². The maximum atomic E-state index is 13.1. The number of anilines is 1. The highest BCUT2D eigenvalue weighted by Gasteiger charge is 2.34. The van der Waals surface area contributed by atoms with Gasteiger partial charge in [0.25, 0.3) is 0 Å². The number of alkyl halides is 6. The van der Waals surface area contributed by atoms with E-state index in [-0.39, 0.29) is 56.2 Å². The van der Waals surface area contributed by atoms with E-state index in [4.69, 9.17) is 17.2 Å². The minimum Gasteiger partial charge on any atom is -0.406 e. The number of rotatable bonds is 14. The van der Waals surface area contributed by atoms with Crippen molar-refractivity contribution in [2.24, 2.45) is 17.2 Å². The molecule has 9 N–H and O–H groups in total. The van der Waals surface area contributed by atoms with Gasteiger partial charge in [0.2, 0.25) is 17.7 Å². The zero-order valence-electron chi connectivity index (χ0n) is 22.6. The number of hydrogen-bond donors (Lipinski definition) is 6. The lowest BCUT2D eigenvalue weighted by atomic mass is 9.99. The van der Waals surface area contributed by atoms with Crippen molar-refractivity contribution >= 4 is 23.4 Å². The van der Waals surface area contributed by atoms with Crippen molar-refractivity contribution in [2.75, 3.05) is 31.5 Å². The number of nitrogens with one attached hydrogen (secondary N) is 2. The van der Waals surface area contributed by atoms with Gasteiger partial charge in [-0.15, -0.1) is 13.2 Å². The summed E-state index contributed by atoms with van der Waals surface area (Å²) in [4.78, 5) is 39.8. The Hall–Kier alpha value is -3.93. The number of aliphatic hydroxyl groups is 1. The Morgan fingerprint density at radius 2 is 1.44 bits per heavy atom. The lowest BCUT2D eigenvalue weighted by Gasteiger charge is -2.26. The molecule has 0 saturated heterocycles. The second kappa shape index (κ2) is 15.5. The van der Waals surface area contributed by atoms with Crippen LogP contribution >= 0.6 is 0 Å². The molecule has 3 atom stereocenters. The maximum absolute atomic E-state index is 13.1. The largest absolute Gasteiger partial charge is 0.573 e. The van der Waals surface area contributed by atoms with Gasteiger partial charge in [0.1, 0.15) is 17.9 Å². The molecule has 11 nitrogen and oxygen atoms in total. The average Bonchev–Trinajstić information content (AvgIpc) is 2.93. The molecule has 238 valence electrons. The van der Waals surface area contributed by atoms with Crippen LogP contribution in [-0.2, 0) is 20.6 Å². The second-order valence-electron chi connectivity index (χ2n) is 9.22. The molecule has 0 heterocycles. The van der Waals surface area contributed by atoms with Gasteiger partial charge in [0, 0.05) is 38.3 Å². The van der Waals surface area contributed by atoms with Crippen LogP contribution in [0.3, 0.4) is 0 Å². The number of benzene rings is 2. The SMILES string of the molecule is NCCN(CCN)C(=O)CC[C@H](N)C(=O)N[C@H](C(=O)Nc1ccc(OC(F)(F)F)cc1)[C@H](O)c1ccc(C(F)(F)F)cc1. The Morgan fingerprint density at radius 3 is 1.93 bits per heavy atom. The molecule has 0 fully saturated rings. The molecule has 0 bridgehead atoms. The van der Waals surface area contributed by atoms with Crippen molar-refractivity contribution in [3.8, 4) is 5.75 Å². The summed E-state index contributed by atoms with van der Waals surface area (Å²) in [6.07, 6.45) is -11.9. The number of carbonyl (C=O) groups excluding carboxylic acids is 3. The van der Waals surface area contributed by atoms with Crippen LogP contribution in [0.15, 0.2) is 48.5 Å². The van der Waals surface area contributed by atoms with E-state index in [9.17, 15) is 45.8 Å². The smallest absolute Gasteiger partial charge is 0.406 e. The standard InChI is InChI=1S/C26H32F6N6O5/c27-25(28,29)16-3-1-15(2-4-16)22(40)21(24(42)36-17-5-7-18(8-6-17)43-26(30,31)32)37-23(41)19(35)9-10-20(39)38(13-11-33)14-12-34/h1-8,19,21-22,40H,9-14,33-35H2,(H,36,42)(H,37,41)/t19-,21-,22+/m0/s1. The number of hydrogen-bond acceptors (Lipinski definition) is 8. The molecule has 0 aromatic heterocycles. The van der Waals surface area contributed by atoms with Crippen molar-refractivity contribution in [2.45, 2.75) is 43.6 Å². The Morgan fingerprint density at radius 1 is 0.884 bits per heavy atom. The van der Waals surface area contributed by atoms with E-state index in [1.165, 1.54) is 4.90 Å². The zero-order valence-corrected chi connectivity index (χ0v) is 22.6. The topological polar surface area (TPSA) is 186 Å². The van der Waals surface area contributed by atoms with Crippen LogP contribution in [0.25, 0.3) is 0 Å². The van der Waals surface area contributed by atoms with Crippen molar-refractivity contribution < 1.29 is 50.6 Å². The maximum Gasteiger partial charge on any atom is 0.573 e. The van der Waals surface area contributed by atoms with Crippen LogP contribution in [0.2, 0.25) is 0 Å². The molecular weight excluding hydrogens is 590 g/mol. The second-order valence-corrected chi connectivity index (χ2v) is 9.22. The molecule has 0 aliphatic heterocycles. The summed E-state index contributed by atoms with van der Waals surface area (Å²) >= 11 is 0. The number of nitrogens with two attached hydrogens (primary N) is 3. The third-order valence-corrected chi connectivity index (χ3v) is 5.99. The lowest BCUT2D eigenvalue weighted by molar-refractivity contribution is -0.274. The molecule has 0 unspecified atom stereocenters. The van der Waals surface area contributed by atoms with Crippen LogP contribution in [0, 0.1) is 0 Å². The number of aliphatic hydroxyl groups excluding tert-OH is 1. The fourth-order valence-corrected chi connectivity index (χ4v) is 3.81. The molecule has 2 aromatic rings. The summed E-state index contributed by atoms with van der Waals surface area (Å²) in [5.74, 6) is -3.02. The first-order chi connectivity index (χ1) is 20.1. The average molecular weight is 623 g/mol. The fraction of sp³-hybridized carbons (Fsp3) is 0.423. The third kappa shape index (κ3) is 11.3. The molecule has 0 aliphatic rings. The van der Waals surface area contributed by atoms with Crippen molar-refractivity contribution in [1.82, 2.24) is 10.2 Å². The van der Waals surface area contributed by atoms with Gasteiger partial charge >= 0.3 is 12.5 Å². The summed E-state index contributed by atoms with van der Waals surface area (Å²) in [6.45, 7) is 0.800. The lowest BCUT2D eigenvalue weighted by Crippen LogP contribution is -2.52. The quantitative estimate of drug-likeness (QED) is 0.172. The van der Waals surface area contributed by atoms with E-state index in [1.54, 1.807) is 0 Å². The summed E-state index contributed by atoms with van der Waals surface area (Å²) in [6, 6.07) is 3.86. The fourth-order valence-electron chi connectivity index (χ4n) is 3.81. The van der Waals surface area contributed by atoms with Gasteiger partial charge in [-0.25, -0.2) is 0 Å². The summed E-state index contributed by atoms with van der Waals surface area (Å²) in [7, 11) is 0. The number of halogens is 6. The number of amides is 3. The molecule has 3 amide bonds.